The Hall–Kier alpha value is -1.22. The number of halogens is 1. The minimum absolute atomic E-state index is 0.113. The molecule has 0 N–H and O–H groups in total. The molecule has 0 unspecified atom stereocenters. The van der Waals surface area contributed by atoms with Crippen LogP contribution in [0.25, 0.3) is 0 Å². The molecule has 1 aliphatic heterocycles. The Morgan fingerprint density at radius 2 is 2.10 bits per heavy atom. The number of nitro benzene ring substituents is 1. The van der Waals surface area contributed by atoms with Crippen LogP contribution in [0.15, 0.2) is 23.1 Å². The standard InChI is InChI=1S/C12H15ClN2O5S/c1-12(2)8-20-6-5-14(12)21(18,19)11-4-3-9(13)7-10(11)15(16)17/h3-4,7H,5-6,8H2,1-2H3. The molecule has 2 rings (SSSR count). The molecule has 116 valence electrons. The number of morpholine rings is 1. The lowest BCUT2D eigenvalue weighted by Crippen LogP contribution is -2.55. The van der Waals surface area contributed by atoms with E-state index in [9.17, 15) is 18.5 Å². The van der Waals surface area contributed by atoms with Crippen LogP contribution in [-0.4, -0.2) is 42.9 Å². The van der Waals surface area contributed by atoms with Crippen LogP contribution in [0.4, 0.5) is 5.69 Å². The van der Waals surface area contributed by atoms with E-state index in [0.717, 1.165) is 6.07 Å². The number of nitrogens with zero attached hydrogens (tertiary/aromatic N) is 2. The van der Waals surface area contributed by atoms with Gasteiger partial charge in [0.05, 0.1) is 23.7 Å². The van der Waals surface area contributed by atoms with Crippen molar-refractivity contribution in [2.24, 2.45) is 0 Å². The Morgan fingerprint density at radius 3 is 2.67 bits per heavy atom. The summed E-state index contributed by atoms with van der Waals surface area (Å²) in [6.07, 6.45) is 0. The number of sulfonamides is 1. The Bertz CT molecular complexity index is 674. The van der Waals surface area contributed by atoms with Crippen molar-refractivity contribution in [3.63, 3.8) is 0 Å². The molecule has 0 atom stereocenters. The molecule has 0 radical (unpaired) electrons. The van der Waals surface area contributed by atoms with Crippen molar-refractivity contribution >= 4 is 27.3 Å². The van der Waals surface area contributed by atoms with Crippen LogP contribution in [0, 0.1) is 10.1 Å². The lowest BCUT2D eigenvalue weighted by molar-refractivity contribution is -0.387. The summed E-state index contributed by atoms with van der Waals surface area (Å²) < 4.78 is 32.0. The number of ether oxygens (including phenoxy) is 1. The first-order valence-corrected chi connectivity index (χ1v) is 8.02. The third kappa shape index (κ3) is 3.03. The van der Waals surface area contributed by atoms with Crippen molar-refractivity contribution in [2.75, 3.05) is 19.8 Å². The third-order valence-electron chi connectivity index (χ3n) is 3.25. The molecule has 0 amide bonds. The molecule has 1 aromatic carbocycles. The molecule has 1 aliphatic rings. The van der Waals surface area contributed by atoms with Gasteiger partial charge in [0.25, 0.3) is 15.7 Å². The fourth-order valence-electron chi connectivity index (χ4n) is 2.26. The fourth-order valence-corrected chi connectivity index (χ4v) is 4.32. The smallest absolute Gasteiger partial charge is 0.290 e. The first kappa shape index (κ1) is 16.2. The number of hydrogen-bond acceptors (Lipinski definition) is 5. The number of benzene rings is 1. The third-order valence-corrected chi connectivity index (χ3v) is 5.65. The van der Waals surface area contributed by atoms with Crippen LogP contribution in [-0.2, 0) is 14.8 Å². The quantitative estimate of drug-likeness (QED) is 0.623. The molecule has 0 aliphatic carbocycles. The van der Waals surface area contributed by atoms with Gasteiger partial charge in [-0.25, -0.2) is 8.42 Å². The van der Waals surface area contributed by atoms with E-state index >= 15 is 0 Å². The zero-order valence-corrected chi connectivity index (χ0v) is 13.1. The molecule has 21 heavy (non-hydrogen) atoms. The highest BCUT2D eigenvalue weighted by Gasteiger charge is 2.42. The summed E-state index contributed by atoms with van der Waals surface area (Å²) in [5, 5.41) is 11.2. The van der Waals surface area contributed by atoms with E-state index in [1.54, 1.807) is 13.8 Å². The van der Waals surface area contributed by atoms with Gasteiger partial charge in [-0.2, -0.15) is 4.31 Å². The highest BCUT2D eigenvalue weighted by molar-refractivity contribution is 7.89. The van der Waals surface area contributed by atoms with E-state index in [1.807, 2.05) is 0 Å². The summed E-state index contributed by atoms with van der Waals surface area (Å²) in [6.45, 7) is 4.06. The fraction of sp³-hybridized carbons (Fsp3) is 0.500. The summed E-state index contributed by atoms with van der Waals surface area (Å²) >= 11 is 5.72. The Labute approximate surface area is 127 Å². The monoisotopic (exact) mass is 334 g/mol. The van der Waals surface area contributed by atoms with Gasteiger partial charge in [0.2, 0.25) is 0 Å². The maximum absolute atomic E-state index is 12.8. The summed E-state index contributed by atoms with van der Waals surface area (Å²) in [5.74, 6) is 0. The zero-order chi connectivity index (χ0) is 15.8. The second kappa shape index (κ2) is 5.53. The van der Waals surface area contributed by atoms with Gasteiger partial charge in [-0.3, -0.25) is 10.1 Å². The van der Waals surface area contributed by atoms with Gasteiger partial charge in [-0.05, 0) is 26.0 Å². The summed E-state index contributed by atoms with van der Waals surface area (Å²) in [4.78, 5) is 10.0. The minimum atomic E-state index is -4.01. The molecule has 0 bridgehead atoms. The molecular weight excluding hydrogens is 320 g/mol. The Kier molecular flexibility index (Phi) is 4.25. The highest BCUT2D eigenvalue weighted by Crippen LogP contribution is 2.33. The van der Waals surface area contributed by atoms with Crippen LogP contribution in [0.2, 0.25) is 5.02 Å². The zero-order valence-electron chi connectivity index (χ0n) is 11.6. The topological polar surface area (TPSA) is 89.8 Å². The molecular formula is C12H15ClN2O5S. The van der Waals surface area contributed by atoms with E-state index in [-0.39, 0.29) is 29.7 Å². The van der Waals surface area contributed by atoms with Crippen molar-refractivity contribution in [2.45, 2.75) is 24.3 Å². The molecule has 0 spiro atoms. The molecule has 1 aromatic rings. The Morgan fingerprint density at radius 1 is 1.43 bits per heavy atom. The van der Waals surface area contributed by atoms with E-state index in [2.05, 4.69) is 0 Å². The SMILES string of the molecule is CC1(C)COCCN1S(=O)(=O)c1ccc(Cl)cc1[N+](=O)[O-]. The van der Waals surface area contributed by atoms with Crippen molar-refractivity contribution in [3.05, 3.63) is 33.3 Å². The average Bonchev–Trinajstić information content (AvgIpc) is 2.37. The summed E-state index contributed by atoms with van der Waals surface area (Å²) in [6, 6.07) is 3.54. The van der Waals surface area contributed by atoms with Gasteiger partial charge in [0.15, 0.2) is 4.90 Å². The lowest BCUT2D eigenvalue weighted by Gasteiger charge is -2.40. The predicted molar refractivity (Wildman–Crippen MR) is 76.9 cm³/mol. The molecule has 1 fully saturated rings. The highest BCUT2D eigenvalue weighted by atomic mass is 35.5. The van der Waals surface area contributed by atoms with Gasteiger partial charge in [0, 0.05) is 17.6 Å². The normalized spacial score (nSPS) is 19.4. The van der Waals surface area contributed by atoms with Crippen LogP contribution in [0.1, 0.15) is 13.8 Å². The Balaban J connectivity index is 2.57. The van der Waals surface area contributed by atoms with Crippen molar-refractivity contribution in [1.29, 1.82) is 0 Å². The number of rotatable bonds is 3. The van der Waals surface area contributed by atoms with Gasteiger partial charge in [0.1, 0.15) is 0 Å². The second-order valence-corrected chi connectivity index (χ2v) is 7.58. The number of hydrogen-bond donors (Lipinski definition) is 0. The van der Waals surface area contributed by atoms with Crippen molar-refractivity contribution < 1.29 is 18.1 Å². The van der Waals surface area contributed by atoms with E-state index in [4.69, 9.17) is 16.3 Å². The largest absolute Gasteiger partial charge is 0.378 e. The number of nitro groups is 1. The predicted octanol–water partition coefficient (Wildman–Crippen LogP) is 2.05. The van der Waals surface area contributed by atoms with Crippen LogP contribution in [0.3, 0.4) is 0 Å². The van der Waals surface area contributed by atoms with Crippen LogP contribution >= 0.6 is 11.6 Å². The lowest BCUT2D eigenvalue weighted by atomic mass is 10.1. The van der Waals surface area contributed by atoms with Gasteiger partial charge in [-0.1, -0.05) is 11.6 Å². The maximum atomic E-state index is 12.8. The molecule has 1 heterocycles. The van der Waals surface area contributed by atoms with E-state index in [1.165, 1.54) is 16.4 Å². The summed E-state index contributed by atoms with van der Waals surface area (Å²) in [5.41, 5.74) is -1.30. The van der Waals surface area contributed by atoms with E-state index in [0.29, 0.717) is 0 Å². The summed E-state index contributed by atoms with van der Waals surface area (Å²) in [7, 11) is -4.01. The van der Waals surface area contributed by atoms with Crippen molar-refractivity contribution in [1.82, 2.24) is 4.31 Å². The first-order valence-electron chi connectivity index (χ1n) is 6.21. The van der Waals surface area contributed by atoms with Crippen LogP contribution < -0.4 is 0 Å². The molecule has 9 heteroatoms. The van der Waals surface area contributed by atoms with Gasteiger partial charge < -0.3 is 4.74 Å². The molecule has 0 aromatic heterocycles. The van der Waals surface area contributed by atoms with Crippen LogP contribution in [0.5, 0.6) is 0 Å². The van der Waals surface area contributed by atoms with Gasteiger partial charge in [-0.15, -0.1) is 0 Å². The molecule has 7 nitrogen and oxygen atoms in total. The second-order valence-electron chi connectivity index (χ2n) is 5.31. The van der Waals surface area contributed by atoms with Gasteiger partial charge >= 0.3 is 0 Å². The van der Waals surface area contributed by atoms with Crippen molar-refractivity contribution in [3.8, 4) is 0 Å². The molecule has 1 saturated heterocycles. The average molecular weight is 335 g/mol. The van der Waals surface area contributed by atoms with E-state index < -0.39 is 26.2 Å². The minimum Gasteiger partial charge on any atom is -0.378 e. The molecule has 0 saturated carbocycles. The first-order chi connectivity index (χ1) is 9.66. The maximum Gasteiger partial charge on any atom is 0.290 e.